The second-order valence-corrected chi connectivity index (χ2v) is 3.72. The molecule has 14 heavy (non-hydrogen) atoms. The lowest BCUT2D eigenvalue weighted by molar-refractivity contribution is -0.166. The van der Waals surface area contributed by atoms with Gasteiger partial charge >= 0.3 is 5.97 Å². The number of hydrogen-bond donors (Lipinski definition) is 1. The van der Waals surface area contributed by atoms with Crippen LogP contribution in [0.1, 0.15) is 33.1 Å². The molecule has 0 aliphatic carbocycles. The molecule has 1 saturated heterocycles. The molecule has 82 valence electrons. The van der Waals surface area contributed by atoms with Crippen LogP contribution in [0.15, 0.2) is 0 Å². The first-order chi connectivity index (χ1) is 6.61. The number of aliphatic hydroxyl groups is 1. The maximum Gasteiger partial charge on any atom is 0.335 e. The van der Waals surface area contributed by atoms with Gasteiger partial charge in [0.05, 0.1) is 6.10 Å². The van der Waals surface area contributed by atoms with E-state index in [-0.39, 0.29) is 12.2 Å². The zero-order chi connectivity index (χ0) is 10.6. The summed E-state index contributed by atoms with van der Waals surface area (Å²) < 4.78 is 10.5. The highest BCUT2D eigenvalue weighted by Crippen LogP contribution is 2.17. The largest absolute Gasteiger partial charge is 0.458 e. The Labute approximate surface area is 84.2 Å². The first-order valence-electron chi connectivity index (χ1n) is 5.11. The molecule has 1 N–H and O–H groups in total. The standard InChI is InChI=1S/C10H18O4/c1-7(11)10(12)14-8(2)9-5-3-4-6-13-9/h7-9,11H,3-6H2,1-2H3. The van der Waals surface area contributed by atoms with Gasteiger partial charge in [-0.2, -0.15) is 0 Å². The maximum absolute atomic E-state index is 11.1. The summed E-state index contributed by atoms with van der Waals surface area (Å²) in [6.45, 7) is 3.94. The first-order valence-corrected chi connectivity index (χ1v) is 5.11. The van der Waals surface area contributed by atoms with Crippen molar-refractivity contribution in [1.29, 1.82) is 0 Å². The zero-order valence-corrected chi connectivity index (χ0v) is 8.73. The monoisotopic (exact) mass is 202 g/mol. The van der Waals surface area contributed by atoms with Crippen molar-refractivity contribution in [3.8, 4) is 0 Å². The third kappa shape index (κ3) is 3.27. The van der Waals surface area contributed by atoms with Gasteiger partial charge in [0.1, 0.15) is 12.2 Å². The normalized spacial score (nSPS) is 26.6. The van der Waals surface area contributed by atoms with E-state index in [1.54, 1.807) is 6.92 Å². The van der Waals surface area contributed by atoms with Gasteiger partial charge in [0.2, 0.25) is 0 Å². The smallest absolute Gasteiger partial charge is 0.335 e. The number of rotatable bonds is 3. The first kappa shape index (κ1) is 11.5. The lowest BCUT2D eigenvalue weighted by atomic mass is 10.1. The molecule has 3 unspecified atom stereocenters. The van der Waals surface area contributed by atoms with Crippen LogP contribution in [0.5, 0.6) is 0 Å². The van der Waals surface area contributed by atoms with E-state index < -0.39 is 12.1 Å². The van der Waals surface area contributed by atoms with Gasteiger partial charge < -0.3 is 14.6 Å². The van der Waals surface area contributed by atoms with E-state index in [1.807, 2.05) is 0 Å². The molecule has 4 nitrogen and oxygen atoms in total. The highest BCUT2D eigenvalue weighted by Gasteiger charge is 2.25. The number of aliphatic hydroxyl groups excluding tert-OH is 1. The van der Waals surface area contributed by atoms with Crippen LogP contribution in [0.3, 0.4) is 0 Å². The van der Waals surface area contributed by atoms with E-state index in [0.717, 1.165) is 25.9 Å². The summed E-state index contributed by atoms with van der Waals surface area (Å²) in [5.41, 5.74) is 0. The number of hydrogen-bond acceptors (Lipinski definition) is 4. The average molecular weight is 202 g/mol. The van der Waals surface area contributed by atoms with E-state index in [0.29, 0.717) is 0 Å². The Bertz CT molecular complexity index is 185. The van der Waals surface area contributed by atoms with Gasteiger partial charge in [-0.25, -0.2) is 4.79 Å². The van der Waals surface area contributed by atoms with Gasteiger partial charge in [-0.3, -0.25) is 0 Å². The second kappa shape index (κ2) is 5.32. The molecule has 0 saturated carbocycles. The highest BCUT2D eigenvalue weighted by atomic mass is 16.6. The molecular formula is C10H18O4. The molecule has 0 amide bonds. The predicted octanol–water partition coefficient (Wildman–Crippen LogP) is 0.868. The molecule has 0 aromatic heterocycles. The molecule has 0 radical (unpaired) electrons. The molecule has 3 atom stereocenters. The lowest BCUT2D eigenvalue weighted by Gasteiger charge is -2.28. The quantitative estimate of drug-likeness (QED) is 0.690. The Morgan fingerprint density at radius 3 is 2.71 bits per heavy atom. The van der Waals surface area contributed by atoms with Crippen LogP contribution in [0, 0.1) is 0 Å². The van der Waals surface area contributed by atoms with Crippen LogP contribution < -0.4 is 0 Å². The van der Waals surface area contributed by atoms with Gasteiger partial charge in [-0.15, -0.1) is 0 Å². The summed E-state index contributed by atoms with van der Waals surface area (Å²) in [4.78, 5) is 11.1. The van der Waals surface area contributed by atoms with Crippen molar-refractivity contribution in [2.75, 3.05) is 6.61 Å². The van der Waals surface area contributed by atoms with Crippen molar-refractivity contribution < 1.29 is 19.4 Å². The van der Waals surface area contributed by atoms with Gasteiger partial charge in [-0.05, 0) is 33.1 Å². The number of esters is 1. The molecule has 1 rings (SSSR count). The van der Waals surface area contributed by atoms with Crippen LogP contribution in [0.25, 0.3) is 0 Å². The van der Waals surface area contributed by atoms with Crippen LogP contribution in [-0.4, -0.2) is 36.0 Å². The Morgan fingerprint density at radius 1 is 1.50 bits per heavy atom. The number of carbonyl (C=O) groups is 1. The molecule has 1 fully saturated rings. The van der Waals surface area contributed by atoms with E-state index >= 15 is 0 Å². The molecule has 4 heteroatoms. The fourth-order valence-corrected chi connectivity index (χ4v) is 1.49. The van der Waals surface area contributed by atoms with Crippen molar-refractivity contribution in [3.05, 3.63) is 0 Å². The Hall–Kier alpha value is -0.610. The summed E-state index contributed by atoms with van der Waals surface area (Å²) in [6, 6.07) is 0. The third-order valence-corrected chi connectivity index (χ3v) is 2.38. The van der Waals surface area contributed by atoms with E-state index in [9.17, 15) is 4.79 Å². The minimum atomic E-state index is -1.05. The van der Waals surface area contributed by atoms with Crippen molar-refractivity contribution in [2.45, 2.75) is 51.4 Å². The third-order valence-electron chi connectivity index (χ3n) is 2.38. The Morgan fingerprint density at radius 2 is 2.21 bits per heavy atom. The maximum atomic E-state index is 11.1. The topological polar surface area (TPSA) is 55.8 Å². The number of ether oxygens (including phenoxy) is 2. The molecule has 1 aliphatic rings. The molecule has 0 spiro atoms. The van der Waals surface area contributed by atoms with Crippen molar-refractivity contribution in [1.82, 2.24) is 0 Å². The lowest BCUT2D eigenvalue weighted by Crippen LogP contribution is -2.36. The van der Waals surface area contributed by atoms with Crippen LogP contribution in [0.2, 0.25) is 0 Å². The van der Waals surface area contributed by atoms with Crippen LogP contribution in [-0.2, 0) is 14.3 Å². The fourth-order valence-electron chi connectivity index (χ4n) is 1.49. The van der Waals surface area contributed by atoms with Gasteiger partial charge in [-0.1, -0.05) is 0 Å². The summed E-state index contributed by atoms with van der Waals surface area (Å²) in [6.07, 6.45) is 1.79. The fraction of sp³-hybridized carbons (Fsp3) is 0.900. The van der Waals surface area contributed by atoms with E-state index in [2.05, 4.69) is 0 Å². The van der Waals surface area contributed by atoms with E-state index in [4.69, 9.17) is 14.6 Å². The Balaban J connectivity index is 2.32. The molecule has 0 aromatic rings. The van der Waals surface area contributed by atoms with Crippen molar-refractivity contribution in [3.63, 3.8) is 0 Å². The minimum Gasteiger partial charge on any atom is -0.458 e. The molecule has 0 bridgehead atoms. The average Bonchev–Trinajstić information content (AvgIpc) is 2.19. The summed E-state index contributed by atoms with van der Waals surface area (Å²) in [7, 11) is 0. The zero-order valence-electron chi connectivity index (χ0n) is 8.73. The van der Waals surface area contributed by atoms with E-state index in [1.165, 1.54) is 6.92 Å². The predicted molar refractivity (Wildman–Crippen MR) is 50.8 cm³/mol. The molecule has 1 heterocycles. The minimum absolute atomic E-state index is 0.00792. The van der Waals surface area contributed by atoms with Crippen molar-refractivity contribution >= 4 is 5.97 Å². The van der Waals surface area contributed by atoms with Crippen LogP contribution in [0.4, 0.5) is 0 Å². The molecular weight excluding hydrogens is 184 g/mol. The van der Waals surface area contributed by atoms with Crippen molar-refractivity contribution in [2.24, 2.45) is 0 Å². The van der Waals surface area contributed by atoms with Gasteiger partial charge in [0.25, 0.3) is 0 Å². The molecule has 0 aromatic carbocycles. The molecule has 1 aliphatic heterocycles. The summed E-state index contributed by atoms with van der Waals surface area (Å²) in [5, 5.41) is 8.95. The number of carbonyl (C=O) groups excluding carboxylic acids is 1. The highest BCUT2D eigenvalue weighted by molar-refractivity contribution is 5.73. The van der Waals surface area contributed by atoms with Gasteiger partial charge in [0, 0.05) is 6.61 Å². The Kier molecular flexibility index (Phi) is 4.35. The second-order valence-electron chi connectivity index (χ2n) is 3.72. The van der Waals surface area contributed by atoms with Gasteiger partial charge in [0.15, 0.2) is 0 Å². The van der Waals surface area contributed by atoms with Crippen LogP contribution >= 0.6 is 0 Å². The SMILES string of the molecule is CC(O)C(=O)OC(C)C1CCCCO1. The summed E-state index contributed by atoms with van der Waals surface area (Å²) >= 11 is 0. The summed E-state index contributed by atoms with van der Waals surface area (Å²) in [5.74, 6) is -0.577.